The minimum atomic E-state index is 0.413. The van der Waals surface area contributed by atoms with Gasteiger partial charge in [-0.15, -0.1) is 23.4 Å². The van der Waals surface area contributed by atoms with Crippen LogP contribution in [0.1, 0.15) is 22.8 Å². The average Bonchev–Trinajstić information content (AvgIpc) is 2.46. The molecule has 18 heavy (non-hydrogen) atoms. The molecule has 0 fully saturated rings. The van der Waals surface area contributed by atoms with Crippen LogP contribution in [0.25, 0.3) is 0 Å². The maximum Gasteiger partial charge on any atom is 0.0546 e. The fraction of sp³-hybridized carbons (Fsp3) is 0.250. The summed E-state index contributed by atoms with van der Waals surface area (Å²) < 4.78 is 0. The van der Waals surface area contributed by atoms with E-state index in [-0.39, 0.29) is 0 Å². The highest BCUT2D eigenvalue weighted by atomic mass is 35.5. The van der Waals surface area contributed by atoms with Gasteiger partial charge in [0.15, 0.2) is 0 Å². The van der Waals surface area contributed by atoms with E-state index in [1.54, 1.807) is 0 Å². The van der Waals surface area contributed by atoms with Crippen LogP contribution < -0.4 is 0 Å². The van der Waals surface area contributed by atoms with Gasteiger partial charge in [0.2, 0.25) is 0 Å². The van der Waals surface area contributed by atoms with Crippen molar-refractivity contribution in [1.82, 2.24) is 0 Å². The lowest BCUT2D eigenvalue weighted by atomic mass is 10.0. The lowest BCUT2D eigenvalue weighted by molar-refractivity contribution is 1.09. The zero-order valence-electron chi connectivity index (χ0n) is 10.3. The summed E-state index contributed by atoms with van der Waals surface area (Å²) in [6, 6.07) is 21.3. The van der Waals surface area contributed by atoms with Crippen molar-refractivity contribution < 1.29 is 0 Å². The molecule has 0 aliphatic rings. The second kappa shape index (κ2) is 7.50. The fourth-order valence-electron chi connectivity index (χ4n) is 1.90. The highest BCUT2D eigenvalue weighted by molar-refractivity contribution is 7.99. The van der Waals surface area contributed by atoms with Crippen molar-refractivity contribution >= 4 is 23.4 Å². The van der Waals surface area contributed by atoms with Crippen molar-refractivity contribution in [2.45, 2.75) is 11.7 Å². The zero-order valence-corrected chi connectivity index (χ0v) is 11.8. The molecule has 2 rings (SSSR count). The van der Waals surface area contributed by atoms with Crippen LogP contribution in [0, 0.1) is 0 Å². The lowest BCUT2D eigenvalue weighted by Crippen LogP contribution is -1.98. The Morgan fingerprint density at radius 3 is 1.78 bits per heavy atom. The zero-order chi connectivity index (χ0) is 12.6. The molecule has 0 aromatic heterocycles. The van der Waals surface area contributed by atoms with Crippen LogP contribution in [0.4, 0.5) is 0 Å². The van der Waals surface area contributed by atoms with E-state index in [4.69, 9.17) is 11.6 Å². The fourth-order valence-corrected chi connectivity index (χ4v) is 3.43. The van der Waals surface area contributed by atoms with Crippen LogP contribution in [0.3, 0.4) is 0 Å². The van der Waals surface area contributed by atoms with E-state index in [0.717, 1.165) is 18.1 Å². The molecule has 94 valence electrons. The normalized spacial score (nSPS) is 10.8. The first-order chi connectivity index (χ1) is 8.92. The standard InChI is InChI=1S/C16H17ClS/c17-12-7-13-18-16(14-8-3-1-4-9-14)15-10-5-2-6-11-15/h1-6,8-11,16H,7,12-13H2. The second-order valence-electron chi connectivity index (χ2n) is 4.11. The highest BCUT2D eigenvalue weighted by Crippen LogP contribution is 2.35. The molecule has 2 heteroatoms. The van der Waals surface area contributed by atoms with Gasteiger partial charge in [-0.1, -0.05) is 60.7 Å². The van der Waals surface area contributed by atoms with E-state index in [0.29, 0.717) is 5.25 Å². The molecule has 0 saturated carbocycles. The molecule has 0 unspecified atom stereocenters. The number of thioether (sulfide) groups is 1. The summed E-state index contributed by atoms with van der Waals surface area (Å²) in [6.07, 6.45) is 1.06. The summed E-state index contributed by atoms with van der Waals surface area (Å²) in [7, 11) is 0. The van der Waals surface area contributed by atoms with E-state index < -0.39 is 0 Å². The Labute approximate surface area is 118 Å². The second-order valence-corrected chi connectivity index (χ2v) is 5.71. The maximum atomic E-state index is 5.76. The van der Waals surface area contributed by atoms with Crippen molar-refractivity contribution in [3.63, 3.8) is 0 Å². The Bertz CT molecular complexity index is 402. The van der Waals surface area contributed by atoms with Crippen molar-refractivity contribution in [3.8, 4) is 0 Å². The van der Waals surface area contributed by atoms with Crippen molar-refractivity contribution in [2.24, 2.45) is 0 Å². The van der Waals surface area contributed by atoms with E-state index in [2.05, 4.69) is 60.7 Å². The molecular weight excluding hydrogens is 260 g/mol. The Hall–Kier alpha value is -0.920. The molecule has 0 N–H and O–H groups in total. The lowest BCUT2D eigenvalue weighted by Gasteiger charge is -2.17. The number of hydrogen-bond acceptors (Lipinski definition) is 1. The molecule has 0 amide bonds. The van der Waals surface area contributed by atoms with Crippen LogP contribution in [-0.4, -0.2) is 11.6 Å². The van der Waals surface area contributed by atoms with Gasteiger partial charge in [0.25, 0.3) is 0 Å². The summed E-state index contributed by atoms with van der Waals surface area (Å²) >= 11 is 7.73. The predicted molar refractivity (Wildman–Crippen MR) is 82.5 cm³/mol. The van der Waals surface area contributed by atoms with Crippen molar-refractivity contribution in [3.05, 3.63) is 71.8 Å². The minimum Gasteiger partial charge on any atom is -0.149 e. The molecule has 2 aromatic rings. The Balaban J connectivity index is 2.18. The van der Waals surface area contributed by atoms with Gasteiger partial charge in [0, 0.05) is 5.88 Å². The third kappa shape index (κ3) is 3.79. The molecule has 0 radical (unpaired) electrons. The van der Waals surface area contributed by atoms with E-state index in [1.165, 1.54) is 11.1 Å². The predicted octanol–water partition coefficient (Wildman–Crippen LogP) is 5.14. The molecule has 0 atom stereocenters. The van der Waals surface area contributed by atoms with Gasteiger partial charge in [-0.25, -0.2) is 0 Å². The molecule has 2 aromatic carbocycles. The van der Waals surface area contributed by atoms with E-state index >= 15 is 0 Å². The smallest absolute Gasteiger partial charge is 0.0546 e. The van der Waals surface area contributed by atoms with Crippen LogP contribution in [0.2, 0.25) is 0 Å². The van der Waals surface area contributed by atoms with E-state index in [1.807, 2.05) is 11.8 Å². The number of alkyl halides is 1. The van der Waals surface area contributed by atoms with Crippen LogP contribution >= 0.6 is 23.4 Å². The van der Waals surface area contributed by atoms with Gasteiger partial charge in [-0.3, -0.25) is 0 Å². The van der Waals surface area contributed by atoms with Crippen molar-refractivity contribution in [1.29, 1.82) is 0 Å². The van der Waals surface area contributed by atoms with Gasteiger partial charge in [-0.2, -0.15) is 0 Å². The molecule has 0 spiro atoms. The topological polar surface area (TPSA) is 0 Å². The first-order valence-electron chi connectivity index (χ1n) is 6.19. The molecule has 0 aliphatic carbocycles. The van der Waals surface area contributed by atoms with Gasteiger partial charge < -0.3 is 0 Å². The SMILES string of the molecule is ClCCCSC(c1ccccc1)c1ccccc1. The third-order valence-corrected chi connectivity index (χ3v) is 4.44. The van der Waals surface area contributed by atoms with Gasteiger partial charge in [-0.05, 0) is 23.3 Å². The molecule has 0 aliphatic heterocycles. The molecule has 0 heterocycles. The number of halogens is 1. The summed E-state index contributed by atoms with van der Waals surface area (Å²) in [4.78, 5) is 0. The first kappa shape index (κ1) is 13.5. The summed E-state index contributed by atoms with van der Waals surface area (Å²) in [5.74, 6) is 1.83. The van der Waals surface area contributed by atoms with Crippen molar-refractivity contribution in [2.75, 3.05) is 11.6 Å². The monoisotopic (exact) mass is 276 g/mol. The van der Waals surface area contributed by atoms with Gasteiger partial charge in [0.05, 0.1) is 5.25 Å². The Kier molecular flexibility index (Phi) is 5.63. The largest absolute Gasteiger partial charge is 0.149 e. The van der Waals surface area contributed by atoms with Crippen LogP contribution in [-0.2, 0) is 0 Å². The quantitative estimate of drug-likeness (QED) is 0.520. The Morgan fingerprint density at radius 1 is 0.833 bits per heavy atom. The van der Waals surface area contributed by atoms with Crippen LogP contribution in [0.5, 0.6) is 0 Å². The van der Waals surface area contributed by atoms with Gasteiger partial charge in [0.1, 0.15) is 0 Å². The van der Waals surface area contributed by atoms with E-state index in [9.17, 15) is 0 Å². The van der Waals surface area contributed by atoms with Crippen LogP contribution in [0.15, 0.2) is 60.7 Å². The summed E-state index contributed by atoms with van der Waals surface area (Å²) in [5, 5.41) is 0.413. The summed E-state index contributed by atoms with van der Waals surface area (Å²) in [6.45, 7) is 0. The number of benzene rings is 2. The minimum absolute atomic E-state index is 0.413. The molecule has 0 saturated heterocycles. The molecule has 0 nitrogen and oxygen atoms in total. The Morgan fingerprint density at radius 2 is 1.33 bits per heavy atom. The van der Waals surface area contributed by atoms with Gasteiger partial charge >= 0.3 is 0 Å². The highest BCUT2D eigenvalue weighted by Gasteiger charge is 2.13. The number of rotatable bonds is 6. The molecule has 0 bridgehead atoms. The molecular formula is C16H17ClS. The number of hydrogen-bond donors (Lipinski definition) is 0. The maximum absolute atomic E-state index is 5.76. The summed E-state index contributed by atoms with van der Waals surface area (Å²) in [5.41, 5.74) is 2.73. The first-order valence-corrected chi connectivity index (χ1v) is 7.77. The third-order valence-electron chi connectivity index (χ3n) is 2.77. The average molecular weight is 277 g/mol.